The van der Waals surface area contributed by atoms with Crippen molar-refractivity contribution in [1.29, 1.82) is 0 Å². The van der Waals surface area contributed by atoms with Crippen LogP contribution in [0.5, 0.6) is 11.5 Å². The molecule has 146 valence electrons. The first-order valence-electron chi connectivity index (χ1n) is 8.61. The summed E-state index contributed by atoms with van der Waals surface area (Å²) < 4.78 is 20.8. The summed E-state index contributed by atoms with van der Waals surface area (Å²) in [5.74, 6) is -0.977. The van der Waals surface area contributed by atoms with E-state index in [0.29, 0.717) is 22.6 Å². The van der Waals surface area contributed by atoms with Gasteiger partial charge < -0.3 is 18.9 Å². The van der Waals surface area contributed by atoms with Gasteiger partial charge >= 0.3 is 11.9 Å². The number of cyclic esters (lactones) is 1. The molecule has 7 heteroatoms. The van der Waals surface area contributed by atoms with Crippen molar-refractivity contribution >= 4 is 17.7 Å². The third-order valence-corrected chi connectivity index (χ3v) is 4.56. The van der Waals surface area contributed by atoms with Gasteiger partial charge in [0.05, 0.1) is 25.3 Å². The number of hydrogen-bond donors (Lipinski definition) is 0. The maximum atomic E-state index is 12.6. The Hall–Kier alpha value is -3.35. The second kappa shape index (κ2) is 7.72. The Kier molecular flexibility index (Phi) is 5.35. The zero-order chi connectivity index (χ0) is 20.3. The summed E-state index contributed by atoms with van der Waals surface area (Å²) in [6.45, 7) is 0.970. The lowest BCUT2D eigenvalue weighted by Crippen LogP contribution is -2.47. The van der Waals surface area contributed by atoms with Crippen molar-refractivity contribution in [3.8, 4) is 11.5 Å². The first kappa shape index (κ1) is 19.4. The molecule has 7 nitrogen and oxygen atoms in total. The molecule has 0 bridgehead atoms. The van der Waals surface area contributed by atoms with Gasteiger partial charge in [0.15, 0.2) is 6.61 Å². The quantitative estimate of drug-likeness (QED) is 0.559. The highest BCUT2D eigenvalue weighted by atomic mass is 16.6. The summed E-state index contributed by atoms with van der Waals surface area (Å²) in [7, 11) is 2.93. The van der Waals surface area contributed by atoms with Crippen LogP contribution in [0.15, 0.2) is 42.5 Å². The molecule has 2 aromatic carbocycles. The molecule has 28 heavy (non-hydrogen) atoms. The van der Waals surface area contributed by atoms with E-state index in [9.17, 15) is 14.4 Å². The molecule has 1 atom stereocenters. The molecule has 1 aliphatic rings. The van der Waals surface area contributed by atoms with Gasteiger partial charge in [-0.2, -0.15) is 0 Å². The minimum atomic E-state index is -1.49. The molecule has 0 spiro atoms. The Morgan fingerprint density at radius 3 is 2.57 bits per heavy atom. The number of hydrogen-bond acceptors (Lipinski definition) is 7. The average Bonchev–Trinajstić information content (AvgIpc) is 2.71. The molecule has 0 aromatic heterocycles. The van der Waals surface area contributed by atoms with Gasteiger partial charge in [-0.1, -0.05) is 18.2 Å². The van der Waals surface area contributed by atoms with Gasteiger partial charge in [-0.05, 0) is 30.7 Å². The number of carbonyl (C=O) groups is 3. The Bertz CT molecular complexity index is 934. The molecule has 0 fully saturated rings. The number of ether oxygens (including phenoxy) is 4. The fourth-order valence-corrected chi connectivity index (χ4v) is 3.04. The van der Waals surface area contributed by atoms with E-state index in [1.807, 2.05) is 0 Å². The van der Waals surface area contributed by atoms with E-state index in [1.54, 1.807) is 36.4 Å². The third kappa shape index (κ3) is 3.69. The number of Topliss-reactive ketones (excluding diaryl/α,β-unsaturated/α-hetero) is 1. The largest absolute Gasteiger partial charge is 0.497 e. The third-order valence-electron chi connectivity index (χ3n) is 4.56. The predicted molar refractivity (Wildman–Crippen MR) is 98.8 cm³/mol. The Morgan fingerprint density at radius 2 is 1.86 bits per heavy atom. The first-order valence-corrected chi connectivity index (χ1v) is 8.61. The monoisotopic (exact) mass is 384 g/mol. The number of rotatable bonds is 6. The number of carbonyl (C=O) groups excluding carboxylic acids is 3. The van der Waals surface area contributed by atoms with Crippen molar-refractivity contribution in [2.24, 2.45) is 0 Å². The molecular formula is C21H20O7. The zero-order valence-electron chi connectivity index (χ0n) is 15.8. The van der Waals surface area contributed by atoms with Crippen LogP contribution in [-0.4, -0.2) is 44.1 Å². The van der Waals surface area contributed by atoms with Gasteiger partial charge in [0, 0.05) is 12.5 Å². The van der Waals surface area contributed by atoms with Gasteiger partial charge in [0.2, 0.25) is 11.4 Å². The van der Waals surface area contributed by atoms with Crippen LogP contribution in [0.2, 0.25) is 0 Å². The molecule has 2 aromatic rings. The van der Waals surface area contributed by atoms with E-state index in [0.717, 1.165) is 0 Å². The molecule has 0 aliphatic carbocycles. The summed E-state index contributed by atoms with van der Waals surface area (Å²) in [6, 6.07) is 11.6. The van der Waals surface area contributed by atoms with Gasteiger partial charge in [-0.25, -0.2) is 9.59 Å². The summed E-state index contributed by atoms with van der Waals surface area (Å²) in [5.41, 5.74) is -0.115. The topological polar surface area (TPSA) is 88.1 Å². The lowest BCUT2D eigenvalue weighted by molar-refractivity contribution is -0.163. The summed E-state index contributed by atoms with van der Waals surface area (Å²) in [6.07, 6.45) is 0.174. The van der Waals surface area contributed by atoms with E-state index >= 15 is 0 Å². The van der Waals surface area contributed by atoms with Crippen LogP contribution >= 0.6 is 0 Å². The van der Waals surface area contributed by atoms with Crippen molar-refractivity contribution in [2.45, 2.75) is 18.9 Å². The van der Waals surface area contributed by atoms with Crippen LogP contribution < -0.4 is 9.47 Å². The molecule has 3 rings (SSSR count). The van der Waals surface area contributed by atoms with Crippen molar-refractivity contribution < 1.29 is 33.3 Å². The molecule has 0 saturated heterocycles. The first-order chi connectivity index (χ1) is 13.4. The van der Waals surface area contributed by atoms with E-state index in [4.69, 9.17) is 18.9 Å². The molecule has 1 heterocycles. The number of esters is 2. The highest BCUT2D eigenvalue weighted by Crippen LogP contribution is 2.29. The summed E-state index contributed by atoms with van der Waals surface area (Å²) >= 11 is 0. The Balaban J connectivity index is 1.70. The van der Waals surface area contributed by atoms with Gasteiger partial charge in [-0.15, -0.1) is 0 Å². The molecule has 0 unspecified atom stereocenters. The van der Waals surface area contributed by atoms with Gasteiger partial charge in [0.25, 0.3) is 0 Å². The predicted octanol–water partition coefficient (Wildman–Crippen LogP) is 2.60. The number of fused-ring (bicyclic) bond motifs is 1. The number of methoxy groups -OCH3 is 2. The SMILES string of the molecule is COc1ccc(C(=O)COC(=O)[C@]2(C)Cc3ccccc3C(=O)O2)c(OC)c1. The maximum Gasteiger partial charge on any atom is 0.351 e. The lowest BCUT2D eigenvalue weighted by atomic mass is 9.90. The number of benzene rings is 2. The second-order valence-electron chi connectivity index (χ2n) is 6.52. The van der Waals surface area contributed by atoms with E-state index in [1.165, 1.54) is 27.2 Å². The van der Waals surface area contributed by atoms with E-state index < -0.39 is 29.9 Å². The smallest absolute Gasteiger partial charge is 0.351 e. The van der Waals surface area contributed by atoms with Crippen molar-refractivity contribution in [2.75, 3.05) is 20.8 Å². The Morgan fingerprint density at radius 1 is 1.11 bits per heavy atom. The second-order valence-corrected chi connectivity index (χ2v) is 6.52. The van der Waals surface area contributed by atoms with Crippen molar-refractivity contribution in [3.05, 3.63) is 59.2 Å². The van der Waals surface area contributed by atoms with Gasteiger partial charge in [0.1, 0.15) is 11.5 Å². The fraction of sp³-hybridized carbons (Fsp3) is 0.286. The summed E-state index contributed by atoms with van der Waals surface area (Å²) in [4.78, 5) is 37.2. The molecule has 0 saturated carbocycles. The molecule has 0 amide bonds. The lowest BCUT2D eigenvalue weighted by Gasteiger charge is -2.32. The van der Waals surface area contributed by atoms with Gasteiger partial charge in [-0.3, -0.25) is 4.79 Å². The molecular weight excluding hydrogens is 364 g/mol. The molecule has 0 radical (unpaired) electrons. The minimum absolute atomic E-state index is 0.174. The molecule has 1 aliphatic heterocycles. The maximum absolute atomic E-state index is 12.6. The highest BCUT2D eigenvalue weighted by Gasteiger charge is 2.44. The Labute approximate surface area is 162 Å². The number of ketones is 1. The molecule has 0 N–H and O–H groups in total. The van der Waals surface area contributed by atoms with Crippen LogP contribution in [0.1, 0.15) is 33.2 Å². The average molecular weight is 384 g/mol. The minimum Gasteiger partial charge on any atom is -0.497 e. The van der Waals surface area contributed by atoms with Crippen LogP contribution in [0, 0.1) is 0 Å². The highest BCUT2D eigenvalue weighted by molar-refractivity contribution is 6.01. The fourth-order valence-electron chi connectivity index (χ4n) is 3.04. The van der Waals surface area contributed by atoms with Crippen LogP contribution in [-0.2, 0) is 20.7 Å². The van der Waals surface area contributed by atoms with E-state index in [-0.39, 0.29) is 12.0 Å². The van der Waals surface area contributed by atoms with E-state index in [2.05, 4.69) is 0 Å². The van der Waals surface area contributed by atoms with Crippen LogP contribution in [0.25, 0.3) is 0 Å². The van der Waals surface area contributed by atoms with Crippen molar-refractivity contribution in [3.63, 3.8) is 0 Å². The summed E-state index contributed by atoms with van der Waals surface area (Å²) in [5, 5.41) is 0. The van der Waals surface area contributed by atoms with Crippen LogP contribution in [0.3, 0.4) is 0 Å². The standard InChI is InChI=1S/C21H20O7/c1-21(11-13-6-4-5-7-15(13)19(23)28-21)20(24)27-12-17(22)16-9-8-14(25-2)10-18(16)26-3/h4-10H,11-12H2,1-3H3/t21-/m0/s1. The normalized spacial score (nSPS) is 17.9. The van der Waals surface area contributed by atoms with Crippen LogP contribution in [0.4, 0.5) is 0 Å². The van der Waals surface area contributed by atoms with Crippen molar-refractivity contribution in [1.82, 2.24) is 0 Å². The zero-order valence-corrected chi connectivity index (χ0v) is 15.8.